The van der Waals surface area contributed by atoms with Crippen molar-refractivity contribution in [1.82, 2.24) is 14.7 Å². The Hall–Kier alpha value is -3.80. The number of aromatic nitrogens is 2. The molecule has 0 spiro atoms. The lowest BCUT2D eigenvalue weighted by molar-refractivity contribution is -0.119. The summed E-state index contributed by atoms with van der Waals surface area (Å²) in [6, 6.07) is 11.4. The summed E-state index contributed by atoms with van der Waals surface area (Å²) in [5.74, 6) is 0.330. The van der Waals surface area contributed by atoms with Crippen LogP contribution in [0, 0.1) is 11.8 Å². The van der Waals surface area contributed by atoms with Gasteiger partial charge in [-0.15, -0.1) is 4.36 Å². The number of hydrogen-bond donors (Lipinski definition) is 1. The molecule has 3 heterocycles. The lowest BCUT2D eigenvalue weighted by Crippen LogP contribution is -2.43. The fourth-order valence-corrected chi connectivity index (χ4v) is 8.69. The fraction of sp³-hybridized carbons (Fsp3) is 0.459. The molecule has 12 heteroatoms. The van der Waals surface area contributed by atoms with Crippen LogP contribution >= 0.6 is 11.6 Å². The summed E-state index contributed by atoms with van der Waals surface area (Å²) < 4.78 is 33.4. The number of rotatable bonds is 5. The van der Waals surface area contributed by atoms with E-state index in [2.05, 4.69) is 48.2 Å². The molecular formula is C37H44ClN5O5S. The largest absolute Gasteiger partial charge is 0.491 e. The molecule has 1 N–H and O–H groups in total. The minimum Gasteiger partial charge on any atom is -0.491 e. The molecule has 6 rings (SSSR count). The number of fused-ring (bicyclic) bond motifs is 3. The topological polar surface area (TPSA) is 123 Å². The lowest BCUT2D eigenvalue weighted by atomic mass is 9.70. The smallest absolute Gasteiger partial charge is 0.286 e. The minimum atomic E-state index is -3.43. The summed E-state index contributed by atoms with van der Waals surface area (Å²) >= 11 is 6.45. The van der Waals surface area contributed by atoms with E-state index < -0.39 is 21.7 Å². The van der Waals surface area contributed by atoms with Crippen molar-refractivity contribution in [2.45, 2.75) is 70.4 Å². The van der Waals surface area contributed by atoms with Gasteiger partial charge in [-0.3, -0.25) is 14.3 Å². The summed E-state index contributed by atoms with van der Waals surface area (Å²) in [5, 5.41) is 0.714. The van der Waals surface area contributed by atoms with E-state index in [1.54, 1.807) is 31.6 Å². The molecule has 260 valence electrons. The molecule has 1 aromatic heterocycles. The highest BCUT2D eigenvalue weighted by Gasteiger charge is 2.38. The highest BCUT2D eigenvalue weighted by Crippen LogP contribution is 2.42. The van der Waals surface area contributed by atoms with E-state index in [0.29, 0.717) is 55.0 Å². The minimum absolute atomic E-state index is 0.0342. The number of hydrogen-bond acceptors (Lipinski definition) is 8. The molecule has 2 aromatic carbocycles. The van der Waals surface area contributed by atoms with Crippen molar-refractivity contribution in [3.63, 3.8) is 0 Å². The third-order valence-corrected chi connectivity index (χ3v) is 11.8. The van der Waals surface area contributed by atoms with Gasteiger partial charge in [-0.2, -0.15) is 0 Å². The number of methoxy groups -OCH3 is 1. The average Bonchev–Trinajstić information content (AvgIpc) is 3.11. The van der Waals surface area contributed by atoms with Crippen LogP contribution in [0.3, 0.4) is 0 Å². The van der Waals surface area contributed by atoms with Gasteiger partial charge in [-0.25, -0.2) is 14.2 Å². The maximum absolute atomic E-state index is 14.2. The molecule has 1 aliphatic carbocycles. The fourth-order valence-electron chi connectivity index (χ4n) is 6.87. The van der Waals surface area contributed by atoms with Crippen LogP contribution in [0.5, 0.6) is 5.75 Å². The van der Waals surface area contributed by atoms with Crippen LogP contribution < -0.4 is 14.4 Å². The van der Waals surface area contributed by atoms with Gasteiger partial charge in [0.25, 0.3) is 5.91 Å². The molecule has 49 heavy (non-hydrogen) atoms. The normalized spacial score (nSPS) is 25.2. The van der Waals surface area contributed by atoms with Crippen molar-refractivity contribution in [2.75, 3.05) is 30.9 Å². The Morgan fingerprint density at radius 2 is 1.96 bits per heavy atom. The van der Waals surface area contributed by atoms with Crippen LogP contribution in [0.4, 0.5) is 5.69 Å². The second kappa shape index (κ2) is 16.3. The van der Waals surface area contributed by atoms with E-state index in [-0.39, 0.29) is 23.8 Å². The van der Waals surface area contributed by atoms with E-state index in [0.717, 1.165) is 49.9 Å². The van der Waals surface area contributed by atoms with Gasteiger partial charge in [0.15, 0.2) is 0 Å². The number of carbonyl (C=O) groups excluding carboxylic acids is 2. The van der Waals surface area contributed by atoms with Gasteiger partial charge >= 0.3 is 0 Å². The zero-order valence-electron chi connectivity index (χ0n) is 27.9. The quantitative estimate of drug-likeness (QED) is 0.298. The first-order valence-electron chi connectivity index (χ1n) is 17.1. The third-order valence-electron chi connectivity index (χ3n) is 9.68. The third kappa shape index (κ3) is 9.06. The van der Waals surface area contributed by atoms with Gasteiger partial charge in [0.05, 0.1) is 24.2 Å². The van der Waals surface area contributed by atoms with Crippen LogP contribution in [0.25, 0.3) is 0 Å². The van der Waals surface area contributed by atoms with E-state index in [4.69, 9.17) is 21.1 Å². The molecule has 1 saturated carbocycles. The molecule has 2 bridgehead atoms. The number of carbonyl (C=O) groups is 2. The second-order valence-corrected chi connectivity index (χ2v) is 15.6. The van der Waals surface area contributed by atoms with Crippen molar-refractivity contribution >= 4 is 39.0 Å². The summed E-state index contributed by atoms with van der Waals surface area (Å²) in [6.07, 6.45) is 15.2. The van der Waals surface area contributed by atoms with Crippen molar-refractivity contribution in [1.29, 1.82) is 0 Å². The Morgan fingerprint density at radius 1 is 1.10 bits per heavy atom. The molecule has 1 unspecified atom stereocenters. The molecular weight excluding hydrogens is 662 g/mol. The van der Waals surface area contributed by atoms with Gasteiger partial charge < -0.3 is 14.4 Å². The van der Waals surface area contributed by atoms with Gasteiger partial charge in [-0.1, -0.05) is 29.8 Å². The number of benzene rings is 2. The van der Waals surface area contributed by atoms with Crippen LogP contribution in [-0.4, -0.2) is 58.1 Å². The number of amides is 2. The molecule has 4 atom stereocenters. The molecule has 2 amide bonds. The zero-order chi connectivity index (χ0) is 34.2. The molecule has 0 radical (unpaired) electrons. The molecule has 3 aliphatic rings. The average molecular weight is 706 g/mol. The SMILES string of the molecule is CO[C@H]1/C=C/CCCS(=O)(NC(=O)CCc2cncnc2)=NC(=O)c2ccc3c(c2)N(Cc2ccc(Cl)cc2CCCCO3)C[C@@H]2CC[C@H]21. The van der Waals surface area contributed by atoms with Crippen molar-refractivity contribution in [3.8, 4) is 5.75 Å². The highest BCUT2D eigenvalue weighted by molar-refractivity contribution is 7.92. The van der Waals surface area contributed by atoms with E-state index >= 15 is 0 Å². The van der Waals surface area contributed by atoms with Crippen LogP contribution in [0.15, 0.2) is 71.6 Å². The van der Waals surface area contributed by atoms with E-state index in [9.17, 15) is 13.8 Å². The molecule has 0 saturated heterocycles. The number of nitrogens with one attached hydrogen (secondary N) is 1. The van der Waals surface area contributed by atoms with Crippen molar-refractivity contribution in [2.24, 2.45) is 16.2 Å². The number of nitrogens with zero attached hydrogens (tertiary/aromatic N) is 4. The number of aryl methyl sites for hydroxylation is 2. The maximum Gasteiger partial charge on any atom is 0.286 e. The zero-order valence-corrected chi connectivity index (χ0v) is 29.5. The van der Waals surface area contributed by atoms with Gasteiger partial charge in [0.1, 0.15) is 22.0 Å². The van der Waals surface area contributed by atoms with Crippen molar-refractivity contribution in [3.05, 3.63) is 94.5 Å². The number of allylic oxidation sites excluding steroid dienone is 1. The Kier molecular flexibility index (Phi) is 11.6. The number of anilines is 1. The Labute approximate surface area is 294 Å². The second-order valence-electron chi connectivity index (χ2n) is 13.1. The van der Waals surface area contributed by atoms with E-state index in [1.807, 2.05) is 12.1 Å². The lowest BCUT2D eigenvalue weighted by Gasteiger charge is -2.43. The summed E-state index contributed by atoms with van der Waals surface area (Å²) in [4.78, 5) is 37.1. The predicted octanol–water partition coefficient (Wildman–Crippen LogP) is 6.52. The Bertz CT molecular complexity index is 1790. The number of ether oxygens (including phenoxy) is 2. The van der Waals surface area contributed by atoms with Crippen LogP contribution in [0.2, 0.25) is 5.02 Å². The summed E-state index contributed by atoms with van der Waals surface area (Å²) in [5.41, 5.74) is 4.24. The number of halogens is 1. The molecule has 3 aromatic rings. The summed E-state index contributed by atoms with van der Waals surface area (Å²) in [6.45, 7) is 1.88. The predicted molar refractivity (Wildman–Crippen MR) is 191 cm³/mol. The van der Waals surface area contributed by atoms with Crippen molar-refractivity contribution < 1.29 is 23.3 Å². The molecule has 1 fully saturated rings. The monoisotopic (exact) mass is 705 g/mol. The molecule has 10 nitrogen and oxygen atoms in total. The summed E-state index contributed by atoms with van der Waals surface area (Å²) in [7, 11) is -1.68. The first kappa shape index (κ1) is 35.0. The first-order chi connectivity index (χ1) is 23.8. The molecule has 2 aliphatic heterocycles. The standard InChI is InChI=1S/C37H44ClN5O5S/c1-47-34-8-3-2-6-18-49(46,41-36(44)16-9-26-21-39-25-40-22-26)42-37(45)28-12-15-35-33(20-28)43(24-30-11-14-32(30)34)23-29-10-13-31(38)19-27(29)7-4-5-17-48-35/h3,8,10,12-13,15,19-22,25,30,32,34H,2,4-7,9,11,14,16-18,23-24H2,1H3,(H,41,42,44,45,46)/b8-3+/t30-,32+,34-,49?/m0/s1. The Balaban J connectivity index is 1.38. The van der Waals surface area contributed by atoms with Gasteiger partial charge in [0, 0.05) is 49.6 Å². The van der Waals surface area contributed by atoms with Crippen LogP contribution in [-0.2, 0) is 38.8 Å². The van der Waals surface area contributed by atoms with Crippen LogP contribution in [0.1, 0.15) is 72.0 Å². The van der Waals surface area contributed by atoms with E-state index in [1.165, 1.54) is 17.5 Å². The first-order valence-corrected chi connectivity index (χ1v) is 19.2. The van der Waals surface area contributed by atoms with Gasteiger partial charge in [0.2, 0.25) is 5.91 Å². The maximum atomic E-state index is 14.2. The Morgan fingerprint density at radius 3 is 2.76 bits per heavy atom. The highest BCUT2D eigenvalue weighted by atomic mass is 35.5. The van der Waals surface area contributed by atoms with Gasteiger partial charge in [-0.05, 0) is 110 Å².